The lowest BCUT2D eigenvalue weighted by atomic mass is 10.0. The number of nitrogens with zero attached hydrogens (tertiary/aromatic N) is 4. The van der Waals surface area contributed by atoms with Crippen molar-refractivity contribution < 1.29 is 69.4 Å². The lowest BCUT2D eigenvalue weighted by Crippen LogP contribution is -2.42. The summed E-state index contributed by atoms with van der Waals surface area (Å²) < 4.78 is 85.3. The van der Waals surface area contributed by atoms with E-state index in [0.29, 0.717) is 38.5 Å². The summed E-state index contributed by atoms with van der Waals surface area (Å²) >= 11 is 11.6. The number of ketones is 4. The first-order chi connectivity index (χ1) is 38.3. The van der Waals surface area contributed by atoms with Gasteiger partial charge in [0.05, 0.1) is 41.0 Å². The van der Waals surface area contributed by atoms with Crippen LogP contribution in [0.5, 0.6) is 0 Å². The van der Waals surface area contributed by atoms with Crippen molar-refractivity contribution in [1.82, 2.24) is 23.7 Å². The fraction of sp³-hybridized carbons (Fsp3) is 0.310. The topological polar surface area (TPSA) is 219 Å². The van der Waals surface area contributed by atoms with Gasteiger partial charge < -0.3 is 24.0 Å². The van der Waals surface area contributed by atoms with Crippen LogP contribution in [-0.4, -0.2) is 123 Å². The number of nitrogens with one attached hydrogen (secondary N) is 1. The molecule has 2 saturated heterocycles. The zero-order valence-electron chi connectivity index (χ0n) is 43.7. The molecule has 0 unspecified atom stereocenters. The molecule has 2 fully saturated rings. The molecule has 2 aliphatic rings. The van der Waals surface area contributed by atoms with Crippen LogP contribution in [0.2, 0.25) is 10.0 Å². The van der Waals surface area contributed by atoms with E-state index in [0.717, 1.165) is 0 Å². The number of fused-ring (bicyclic) bond motifs is 2. The maximum absolute atomic E-state index is 14.5. The van der Waals surface area contributed by atoms with E-state index in [9.17, 15) is 64.3 Å². The maximum Gasteiger partial charge on any atom is 0.382 e. The minimum Gasteiger partial charge on any atom is -0.472 e. The van der Waals surface area contributed by atoms with Gasteiger partial charge >= 0.3 is 11.9 Å². The van der Waals surface area contributed by atoms with Crippen molar-refractivity contribution in [2.75, 3.05) is 18.8 Å². The molecule has 0 aliphatic carbocycles. The molecule has 4 heterocycles. The lowest BCUT2D eigenvalue weighted by molar-refractivity contribution is -0.138. The molecule has 422 valence electrons. The van der Waals surface area contributed by atoms with E-state index in [1.54, 1.807) is 36.4 Å². The number of carboxylic acid groups (broad SMARTS) is 1. The highest BCUT2D eigenvalue weighted by atomic mass is 35.5. The number of benzene rings is 4. The van der Waals surface area contributed by atoms with Gasteiger partial charge in [-0.25, -0.2) is 35.5 Å². The number of carbonyl (C=O) groups excluding carboxylic acids is 7. The molecule has 8 rings (SSSR count). The molecular weight excluding hydrogens is 1120 g/mol. The number of aryl methyl sites for hydroxylation is 2. The molecule has 81 heavy (non-hydrogen) atoms. The van der Waals surface area contributed by atoms with Crippen molar-refractivity contribution in [3.63, 3.8) is 0 Å². The Morgan fingerprint density at radius 2 is 1.07 bits per heavy atom. The third-order valence-electron chi connectivity index (χ3n) is 13.6. The molecule has 6 aromatic rings. The minimum absolute atomic E-state index is 0.0478. The van der Waals surface area contributed by atoms with E-state index in [1.165, 1.54) is 88.5 Å². The highest BCUT2D eigenvalue weighted by Crippen LogP contribution is 2.30. The predicted octanol–water partition coefficient (Wildman–Crippen LogP) is 7.81. The smallest absolute Gasteiger partial charge is 0.382 e. The third kappa shape index (κ3) is 14.8. The van der Waals surface area contributed by atoms with Crippen molar-refractivity contribution >= 4 is 102 Å². The van der Waals surface area contributed by atoms with Gasteiger partial charge in [0.25, 0.3) is 0 Å². The van der Waals surface area contributed by atoms with Gasteiger partial charge in [0.2, 0.25) is 21.8 Å². The fourth-order valence-electron chi connectivity index (χ4n) is 9.60. The van der Waals surface area contributed by atoms with Crippen LogP contribution in [0.25, 0.3) is 21.8 Å². The highest BCUT2D eigenvalue weighted by Gasteiger charge is 2.41. The van der Waals surface area contributed by atoms with Crippen LogP contribution >= 0.6 is 23.2 Å². The fourth-order valence-corrected chi connectivity index (χ4v) is 10.5. The van der Waals surface area contributed by atoms with Crippen LogP contribution in [0.3, 0.4) is 0 Å². The van der Waals surface area contributed by atoms with Crippen molar-refractivity contribution in [2.45, 2.75) is 96.8 Å². The first-order valence-corrected chi connectivity index (χ1v) is 27.6. The first-order valence-electron chi connectivity index (χ1n) is 25.2. The van der Waals surface area contributed by atoms with Crippen LogP contribution in [-0.2, 0) is 64.7 Å². The molecule has 0 radical (unpaired) electrons. The van der Waals surface area contributed by atoms with E-state index in [4.69, 9.17) is 28.3 Å². The average Bonchev–Trinajstić information content (AvgIpc) is 4.41. The number of Topliss-reactive ketones (excluding diaryl/α,β-unsaturated/α-hetero) is 4. The van der Waals surface area contributed by atoms with Gasteiger partial charge in [0.15, 0.2) is 23.1 Å². The van der Waals surface area contributed by atoms with Crippen LogP contribution in [0.15, 0.2) is 85.2 Å². The molecule has 4 atom stereocenters. The quantitative estimate of drug-likeness (QED) is 0.0541. The Labute approximate surface area is 472 Å². The number of carbonyl (C=O) groups is 8. The van der Waals surface area contributed by atoms with Crippen molar-refractivity contribution in [2.24, 2.45) is 0 Å². The summed E-state index contributed by atoms with van der Waals surface area (Å²) in [5.41, 5.74) is 2.81. The molecule has 0 bridgehead atoms. The number of amides is 3. The van der Waals surface area contributed by atoms with Crippen LogP contribution in [0.1, 0.15) is 89.4 Å². The van der Waals surface area contributed by atoms with Gasteiger partial charge in [0.1, 0.15) is 37.1 Å². The Balaban J connectivity index is 0.000000235. The largest absolute Gasteiger partial charge is 0.472 e. The second-order valence-electron chi connectivity index (χ2n) is 19.2. The number of hydrogen-bond donors (Lipinski definition) is 2. The summed E-state index contributed by atoms with van der Waals surface area (Å²) in [5.74, 6) is 3.08. The van der Waals surface area contributed by atoms with Gasteiger partial charge in [-0.1, -0.05) is 59.3 Å². The first kappa shape index (κ1) is 60.5. The van der Waals surface area contributed by atoms with E-state index < -0.39 is 75.6 Å². The second-order valence-corrected chi connectivity index (χ2v) is 22.0. The molecule has 16 nitrogen and oxygen atoms in total. The standard InChI is InChI=1S/C30H28ClF2N3O6S.C28H23ClF2N2O5/c1-3-43(41,42)34-28(39)12-8-19-7-10-25-22(13-19)23(18(2)37)16-35(25)17-29(40)36-15-21(32)14-26(36)27(38)11-9-20-5-4-6-24(31)30(20)33;1-16(34)21-14-32(23-8-5-17(11-20(21)23)6-10-27(37)38)15-26(36)33-13-19(30)12-24(33)25(35)9-7-18-3-2-4-22(29)28(18)31/h4-7,10,13,16,21,26H,3,9,11,14-15,17H2,1-2H3,(H,34,39);2-5,8,11,14,19,24H,7,9,12-13,15H2,1H3,(H,37,38)/t21-,26+;19-,24+/m11/s1. The Morgan fingerprint density at radius 3 is 1.47 bits per heavy atom. The summed E-state index contributed by atoms with van der Waals surface area (Å²) in [6.07, 6.45) is -0.177. The second kappa shape index (κ2) is 26.0. The maximum atomic E-state index is 14.5. The number of halogens is 6. The molecule has 2 aliphatic heterocycles. The monoisotopic (exact) mass is 1170 g/mol. The summed E-state index contributed by atoms with van der Waals surface area (Å²) in [6.45, 7) is 3.03. The number of hydrogen-bond acceptors (Lipinski definition) is 10. The molecular formula is C58H51Cl2F4N5O11S. The number of alkyl halides is 2. The molecule has 4 aromatic carbocycles. The Kier molecular flexibility index (Phi) is 19.4. The number of sulfonamides is 1. The molecule has 23 heteroatoms. The van der Waals surface area contributed by atoms with E-state index in [-0.39, 0.29) is 115 Å². The number of rotatable bonds is 16. The van der Waals surface area contributed by atoms with Crippen LogP contribution < -0.4 is 4.72 Å². The Morgan fingerprint density at radius 1 is 0.654 bits per heavy atom. The van der Waals surface area contributed by atoms with Crippen molar-refractivity contribution in [1.29, 1.82) is 0 Å². The Hall–Kier alpha value is -8.11. The SMILES string of the molecule is CC(=O)c1cn(CC(=O)N2C[C@H](F)C[C@H]2C(=O)CCc2cccc(Cl)c2F)c2ccc(C#CC(=O)O)cc12.CCS(=O)(=O)NC(=O)C#Cc1ccc2c(c1)c(C(C)=O)cn2CC(=O)N1C[C@H](F)C[C@H]1C(=O)CCc1cccc(Cl)c1F. The average molecular weight is 1170 g/mol. The number of carboxylic acids is 1. The number of aromatic nitrogens is 2. The summed E-state index contributed by atoms with van der Waals surface area (Å²) in [6, 6.07) is 16.4. The summed E-state index contributed by atoms with van der Waals surface area (Å²) in [5, 5.41) is 9.59. The van der Waals surface area contributed by atoms with Gasteiger partial charge in [-0.05, 0) is 93.3 Å². The lowest BCUT2D eigenvalue weighted by Gasteiger charge is -2.24. The van der Waals surface area contributed by atoms with Crippen molar-refractivity contribution in [3.8, 4) is 23.7 Å². The van der Waals surface area contributed by atoms with Gasteiger partial charge in [-0.2, -0.15) is 0 Å². The number of likely N-dealkylation sites (tertiary alicyclic amines) is 2. The number of aliphatic carboxylic acids is 1. The molecule has 0 saturated carbocycles. The zero-order valence-corrected chi connectivity index (χ0v) is 46.0. The van der Waals surface area contributed by atoms with Gasteiger partial charge in [-0.15, -0.1) is 0 Å². The van der Waals surface area contributed by atoms with Gasteiger partial charge in [0, 0.05) is 94.0 Å². The minimum atomic E-state index is -3.77. The Bertz CT molecular complexity index is 3800. The van der Waals surface area contributed by atoms with E-state index >= 15 is 0 Å². The molecule has 2 aromatic heterocycles. The normalized spacial score (nSPS) is 16.7. The van der Waals surface area contributed by atoms with Crippen LogP contribution in [0.4, 0.5) is 17.6 Å². The predicted molar refractivity (Wildman–Crippen MR) is 292 cm³/mol. The third-order valence-corrected chi connectivity index (χ3v) is 15.5. The summed E-state index contributed by atoms with van der Waals surface area (Å²) in [4.78, 5) is 102. The van der Waals surface area contributed by atoms with E-state index in [1.807, 2.05) is 10.6 Å². The molecule has 3 amide bonds. The highest BCUT2D eigenvalue weighted by molar-refractivity contribution is 7.90. The van der Waals surface area contributed by atoms with E-state index in [2.05, 4.69) is 17.8 Å². The molecule has 2 N–H and O–H groups in total. The van der Waals surface area contributed by atoms with Crippen LogP contribution in [0, 0.1) is 35.3 Å². The molecule has 0 spiro atoms. The zero-order chi connectivity index (χ0) is 59.0. The summed E-state index contributed by atoms with van der Waals surface area (Å²) in [7, 11) is -3.77. The van der Waals surface area contributed by atoms with Gasteiger partial charge in [-0.3, -0.25) is 33.6 Å². The van der Waals surface area contributed by atoms with Crippen molar-refractivity contribution in [3.05, 3.63) is 140 Å².